The molecule has 0 bridgehead atoms. The molecular weight excluding hydrogens is 240 g/mol. The van der Waals surface area contributed by atoms with Crippen LogP contribution in [0.2, 0.25) is 0 Å². The molecule has 0 radical (unpaired) electrons. The summed E-state index contributed by atoms with van der Waals surface area (Å²) in [5.41, 5.74) is 0. The molecule has 1 aromatic heterocycles. The minimum atomic E-state index is -0.666. The van der Waals surface area contributed by atoms with E-state index in [0.29, 0.717) is 0 Å². The van der Waals surface area contributed by atoms with E-state index >= 15 is 0 Å². The van der Waals surface area contributed by atoms with E-state index in [9.17, 15) is 4.79 Å². The highest BCUT2D eigenvalue weighted by molar-refractivity contribution is 9.10. The van der Waals surface area contributed by atoms with Crippen molar-refractivity contribution in [3.8, 4) is 0 Å². The Labute approximate surface area is 82.3 Å². The van der Waals surface area contributed by atoms with Crippen LogP contribution >= 0.6 is 27.3 Å². The van der Waals surface area contributed by atoms with E-state index in [1.54, 1.807) is 11.3 Å². The summed E-state index contributed by atoms with van der Waals surface area (Å²) < 4.78 is 1.06. The van der Waals surface area contributed by atoms with E-state index in [-0.39, 0.29) is 11.8 Å². The lowest BCUT2D eigenvalue weighted by molar-refractivity contribution is -0.138. The van der Waals surface area contributed by atoms with Crippen LogP contribution in [0.15, 0.2) is 15.9 Å². The van der Waals surface area contributed by atoms with E-state index < -0.39 is 5.97 Å². The number of hydrogen-bond acceptors (Lipinski definition) is 2. The molecule has 0 aromatic carbocycles. The molecule has 2 rings (SSSR count). The fourth-order valence-electron chi connectivity index (χ4n) is 1.33. The molecule has 0 saturated heterocycles. The first-order valence-electron chi connectivity index (χ1n) is 3.66. The lowest BCUT2D eigenvalue weighted by Crippen LogP contribution is -1.98. The molecule has 2 unspecified atom stereocenters. The van der Waals surface area contributed by atoms with Gasteiger partial charge in [-0.15, -0.1) is 11.3 Å². The normalized spacial score (nSPS) is 27.1. The SMILES string of the molecule is O=C(O)C1CC1c1sccc1Br. The number of carboxylic acid groups (broad SMARTS) is 1. The molecule has 1 aliphatic rings. The summed E-state index contributed by atoms with van der Waals surface area (Å²) in [5.74, 6) is -0.544. The van der Waals surface area contributed by atoms with Crippen molar-refractivity contribution in [3.05, 3.63) is 20.8 Å². The van der Waals surface area contributed by atoms with Crippen LogP contribution in [0.3, 0.4) is 0 Å². The number of halogens is 1. The molecule has 2 nitrogen and oxygen atoms in total. The van der Waals surface area contributed by atoms with Crippen molar-refractivity contribution in [2.45, 2.75) is 12.3 Å². The zero-order chi connectivity index (χ0) is 8.72. The molecule has 1 heterocycles. The van der Waals surface area contributed by atoms with Crippen molar-refractivity contribution in [3.63, 3.8) is 0 Å². The Morgan fingerprint density at radius 2 is 2.50 bits per heavy atom. The fourth-order valence-corrected chi connectivity index (χ4v) is 3.18. The molecule has 2 atom stereocenters. The molecule has 4 heteroatoms. The molecule has 1 N–H and O–H groups in total. The summed E-state index contributed by atoms with van der Waals surface area (Å²) in [7, 11) is 0. The lowest BCUT2D eigenvalue weighted by Gasteiger charge is -1.92. The first-order valence-corrected chi connectivity index (χ1v) is 5.33. The zero-order valence-electron chi connectivity index (χ0n) is 6.16. The average Bonchev–Trinajstić information content (AvgIpc) is 2.70. The second-order valence-electron chi connectivity index (χ2n) is 2.92. The Morgan fingerprint density at radius 3 is 2.92 bits per heavy atom. The Hall–Kier alpha value is -0.350. The number of aliphatic carboxylic acids is 1. The van der Waals surface area contributed by atoms with Crippen LogP contribution < -0.4 is 0 Å². The number of carboxylic acids is 1. The van der Waals surface area contributed by atoms with Crippen LogP contribution in [0, 0.1) is 5.92 Å². The van der Waals surface area contributed by atoms with Crippen LogP contribution in [-0.4, -0.2) is 11.1 Å². The predicted molar refractivity (Wildman–Crippen MR) is 50.5 cm³/mol. The first-order chi connectivity index (χ1) is 5.70. The van der Waals surface area contributed by atoms with Crippen LogP contribution in [0.4, 0.5) is 0 Å². The van der Waals surface area contributed by atoms with Gasteiger partial charge >= 0.3 is 5.97 Å². The van der Waals surface area contributed by atoms with Gasteiger partial charge in [0.2, 0.25) is 0 Å². The number of rotatable bonds is 2. The summed E-state index contributed by atoms with van der Waals surface area (Å²) >= 11 is 5.03. The maximum absolute atomic E-state index is 10.6. The summed E-state index contributed by atoms with van der Waals surface area (Å²) in [6, 6.07) is 1.97. The van der Waals surface area contributed by atoms with Gasteiger partial charge in [0, 0.05) is 15.3 Å². The molecular formula is C8H7BrO2S. The van der Waals surface area contributed by atoms with Crippen LogP contribution in [0.5, 0.6) is 0 Å². The minimum absolute atomic E-state index is 0.139. The van der Waals surface area contributed by atoms with Gasteiger partial charge in [-0.05, 0) is 33.8 Å². The highest BCUT2D eigenvalue weighted by Crippen LogP contribution is 2.51. The minimum Gasteiger partial charge on any atom is -0.481 e. The van der Waals surface area contributed by atoms with Gasteiger partial charge in [-0.1, -0.05) is 0 Å². The van der Waals surface area contributed by atoms with Gasteiger partial charge in [-0.3, -0.25) is 4.79 Å². The van der Waals surface area contributed by atoms with E-state index in [2.05, 4.69) is 15.9 Å². The van der Waals surface area contributed by atoms with Gasteiger partial charge in [-0.25, -0.2) is 0 Å². The van der Waals surface area contributed by atoms with Gasteiger partial charge in [0.25, 0.3) is 0 Å². The third-order valence-corrected chi connectivity index (χ3v) is 4.09. The van der Waals surface area contributed by atoms with Crippen molar-refractivity contribution in [1.82, 2.24) is 0 Å². The number of hydrogen-bond donors (Lipinski definition) is 1. The molecule has 0 amide bonds. The van der Waals surface area contributed by atoms with E-state index in [4.69, 9.17) is 5.11 Å². The van der Waals surface area contributed by atoms with Crippen LogP contribution in [-0.2, 0) is 4.79 Å². The zero-order valence-corrected chi connectivity index (χ0v) is 8.56. The molecule has 0 aliphatic heterocycles. The topological polar surface area (TPSA) is 37.3 Å². The Morgan fingerprint density at radius 1 is 1.75 bits per heavy atom. The lowest BCUT2D eigenvalue weighted by atomic mass is 10.3. The Balaban J connectivity index is 2.15. The number of carbonyl (C=O) groups is 1. The molecule has 0 spiro atoms. The predicted octanol–water partition coefficient (Wildman–Crippen LogP) is 2.70. The summed E-state index contributed by atoms with van der Waals surface area (Å²) in [5, 5.41) is 10.7. The Kier molecular flexibility index (Phi) is 1.96. The monoisotopic (exact) mass is 246 g/mol. The summed E-state index contributed by atoms with van der Waals surface area (Å²) in [6.45, 7) is 0. The van der Waals surface area contributed by atoms with E-state index in [1.807, 2.05) is 11.4 Å². The molecule has 64 valence electrons. The van der Waals surface area contributed by atoms with E-state index in [1.165, 1.54) is 4.88 Å². The average molecular weight is 247 g/mol. The van der Waals surface area contributed by atoms with Gasteiger partial charge in [0.15, 0.2) is 0 Å². The van der Waals surface area contributed by atoms with Gasteiger partial charge in [0.05, 0.1) is 5.92 Å². The Bertz CT molecular complexity index is 321. The van der Waals surface area contributed by atoms with Crippen molar-refractivity contribution in [2.24, 2.45) is 5.92 Å². The van der Waals surface area contributed by atoms with Crippen molar-refractivity contribution in [2.75, 3.05) is 0 Å². The summed E-state index contributed by atoms with van der Waals surface area (Å²) in [4.78, 5) is 11.8. The highest BCUT2D eigenvalue weighted by atomic mass is 79.9. The number of thiophene rings is 1. The van der Waals surface area contributed by atoms with Gasteiger partial charge < -0.3 is 5.11 Å². The van der Waals surface area contributed by atoms with Crippen molar-refractivity contribution in [1.29, 1.82) is 0 Å². The highest BCUT2D eigenvalue weighted by Gasteiger charge is 2.45. The molecule has 1 aliphatic carbocycles. The third kappa shape index (κ3) is 1.29. The quantitative estimate of drug-likeness (QED) is 0.872. The van der Waals surface area contributed by atoms with E-state index in [0.717, 1.165) is 10.9 Å². The smallest absolute Gasteiger partial charge is 0.307 e. The van der Waals surface area contributed by atoms with Gasteiger partial charge in [-0.2, -0.15) is 0 Å². The molecule has 12 heavy (non-hydrogen) atoms. The summed E-state index contributed by atoms with van der Waals surface area (Å²) in [6.07, 6.45) is 0.800. The largest absolute Gasteiger partial charge is 0.481 e. The van der Waals surface area contributed by atoms with Crippen molar-refractivity contribution >= 4 is 33.2 Å². The van der Waals surface area contributed by atoms with Crippen molar-refractivity contribution < 1.29 is 9.90 Å². The van der Waals surface area contributed by atoms with Crippen LogP contribution in [0.1, 0.15) is 17.2 Å². The van der Waals surface area contributed by atoms with Crippen LogP contribution in [0.25, 0.3) is 0 Å². The third-order valence-electron chi connectivity index (χ3n) is 2.09. The molecule has 1 fully saturated rings. The second kappa shape index (κ2) is 2.85. The molecule has 1 aromatic rings. The standard InChI is InChI=1S/C8H7BrO2S/c9-6-1-2-12-7(6)4-3-5(4)8(10)11/h1-2,4-5H,3H2,(H,10,11). The maximum Gasteiger partial charge on any atom is 0.307 e. The maximum atomic E-state index is 10.6. The van der Waals surface area contributed by atoms with Gasteiger partial charge in [0.1, 0.15) is 0 Å². The second-order valence-corrected chi connectivity index (χ2v) is 4.72. The fraction of sp³-hybridized carbons (Fsp3) is 0.375. The molecule has 1 saturated carbocycles. The first kappa shape index (κ1) is 8.26.